The maximum absolute atomic E-state index is 12.5. The van der Waals surface area contributed by atoms with Crippen molar-refractivity contribution in [3.8, 4) is 0 Å². The number of urea groups is 1. The number of likely N-dealkylation sites (tertiary alicyclic amines) is 1. The van der Waals surface area contributed by atoms with E-state index in [9.17, 15) is 14.4 Å². The molecule has 0 aromatic rings. The number of nitrogens with zero attached hydrogens (tertiary/aromatic N) is 3. The van der Waals surface area contributed by atoms with Crippen LogP contribution in [0.2, 0.25) is 0 Å². The Kier molecular flexibility index (Phi) is 10.5. The fourth-order valence-corrected chi connectivity index (χ4v) is 3.50. The number of hydrogen-bond acceptors (Lipinski definition) is 4. The summed E-state index contributed by atoms with van der Waals surface area (Å²) in [4.78, 5) is 42.9. The van der Waals surface area contributed by atoms with Gasteiger partial charge >= 0.3 is 6.03 Å². The smallest absolute Gasteiger partial charge is 0.324 e. The van der Waals surface area contributed by atoms with Crippen LogP contribution in [0.15, 0.2) is 4.99 Å². The minimum absolute atomic E-state index is 0. The number of amides is 4. The van der Waals surface area contributed by atoms with Crippen LogP contribution in [0.4, 0.5) is 4.79 Å². The molecule has 160 valence electrons. The van der Waals surface area contributed by atoms with Crippen molar-refractivity contribution in [3.63, 3.8) is 0 Å². The lowest BCUT2D eigenvalue weighted by atomic mass is 9.98. The van der Waals surface area contributed by atoms with E-state index >= 15 is 0 Å². The standard InChI is InChI=1S/C18H32N6O3.HI/c1-4-13(5-2)16(26)23-9-6-14(7-10-23)22-17(19-3)20-8-11-24-15(25)12-21-18(24)27;/h13-14H,4-12H2,1-3H3,(H,21,27)(H2,19,20,22);1H. The van der Waals surface area contributed by atoms with Crippen LogP contribution in [0.1, 0.15) is 39.5 Å². The summed E-state index contributed by atoms with van der Waals surface area (Å²) < 4.78 is 0. The molecular formula is C18H33IN6O3. The maximum Gasteiger partial charge on any atom is 0.324 e. The van der Waals surface area contributed by atoms with Gasteiger partial charge in [-0.25, -0.2) is 4.79 Å². The molecule has 0 saturated carbocycles. The lowest BCUT2D eigenvalue weighted by Gasteiger charge is -2.35. The molecule has 2 aliphatic heterocycles. The van der Waals surface area contributed by atoms with Crippen molar-refractivity contribution in [2.75, 3.05) is 39.8 Å². The maximum atomic E-state index is 12.5. The van der Waals surface area contributed by atoms with Gasteiger partial charge in [0.2, 0.25) is 11.8 Å². The lowest BCUT2D eigenvalue weighted by Crippen LogP contribution is -2.51. The summed E-state index contributed by atoms with van der Waals surface area (Å²) in [7, 11) is 1.69. The zero-order valence-electron chi connectivity index (χ0n) is 17.0. The van der Waals surface area contributed by atoms with Crippen LogP contribution in [0.3, 0.4) is 0 Å². The topological polar surface area (TPSA) is 106 Å². The molecule has 0 aromatic carbocycles. The van der Waals surface area contributed by atoms with E-state index in [-0.39, 0.29) is 60.3 Å². The molecular weight excluding hydrogens is 475 g/mol. The molecule has 2 rings (SSSR count). The number of carbonyl (C=O) groups excluding carboxylic acids is 3. The third kappa shape index (κ3) is 6.49. The SMILES string of the molecule is CCC(CC)C(=O)N1CCC(NC(=NC)NCCN2C(=O)CNC2=O)CC1.I. The Morgan fingerprint density at radius 1 is 1.25 bits per heavy atom. The van der Waals surface area contributed by atoms with Crippen molar-refractivity contribution < 1.29 is 14.4 Å². The van der Waals surface area contributed by atoms with E-state index in [4.69, 9.17) is 0 Å². The summed E-state index contributed by atoms with van der Waals surface area (Å²) in [5.74, 6) is 0.843. The Bertz CT molecular complexity index is 558. The first-order valence-corrected chi connectivity index (χ1v) is 9.84. The number of carbonyl (C=O) groups is 3. The molecule has 0 unspecified atom stereocenters. The number of halogens is 1. The minimum atomic E-state index is -0.348. The molecule has 9 nitrogen and oxygen atoms in total. The summed E-state index contributed by atoms with van der Waals surface area (Å²) >= 11 is 0. The summed E-state index contributed by atoms with van der Waals surface area (Å²) in [6.45, 7) is 6.45. The highest BCUT2D eigenvalue weighted by molar-refractivity contribution is 14.0. The number of rotatable bonds is 7. The van der Waals surface area contributed by atoms with Crippen LogP contribution >= 0.6 is 24.0 Å². The number of hydrogen-bond donors (Lipinski definition) is 3. The van der Waals surface area contributed by atoms with Crippen molar-refractivity contribution in [3.05, 3.63) is 0 Å². The minimum Gasteiger partial charge on any atom is -0.355 e. The van der Waals surface area contributed by atoms with Crippen LogP contribution in [0, 0.1) is 5.92 Å². The van der Waals surface area contributed by atoms with E-state index in [1.54, 1.807) is 7.05 Å². The Labute approximate surface area is 184 Å². The molecule has 4 amide bonds. The molecule has 2 fully saturated rings. The fraction of sp³-hybridized carbons (Fsp3) is 0.778. The lowest BCUT2D eigenvalue weighted by molar-refractivity contribution is -0.136. The molecule has 0 aliphatic carbocycles. The quantitative estimate of drug-likeness (QED) is 0.204. The van der Waals surface area contributed by atoms with Crippen LogP contribution < -0.4 is 16.0 Å². The highest BCUT2D eigenvalue weighted by Gasteiger charge is 2.28. The second kappa shape index (κ2) is 12.1. The van der Waals surface area contributed by atoms with Gasteiger partial charge in [-0.2, -0.15) is 0 Å². The van der Waals surface area contributed by atoms with Crippen molar-refractivity contribution in [2.45, 2.75) is 45.6 Å². The molecule has 2 saturated heterocycles. The molecule has 10 heteroatoms. The molecule has 3 N–H and O–H groups in total. The van der Waals surface area contributed by atoms with Gasteiger partial charge in [0.05, 0.1) is 6.54 Å². The summed E-state index contributed by atoms with van der Waals surface area (Å²) in [5.41, 5.74) is 0. The molecule has 0 spiro atoms. The number of piperidine rings is 1. The van der Waals surface area contributed by atoms with Gasteiger partial charge in [0, 0.05) is 45.2 Å². The monoisotopic (exact) mass is 508 g/mol. The van der Waals surface area contributed by atoms with Gasteiger partial charge in [-0.3, -0.25) is 19.5 Å². The predicted molar refractivity (Wildman–Crippen MR) is 119 cm³/mol. The second-order valence-corrected chi connectivity index (χ2v) is 6.96. The highest BCUT2D eigenvalue weighted by Crippen LogP contribution is 2.17. The molecule has 2 aliphatic rings. The summed E-state index contributed by atoms with van der Waals surface area (Å²) in [6, 6.07) is -0.0991. The van der Waals surface area contributed by atoms with Crippen LogP contribution in [-0.4, -0.2) is 79.4 Å². The first-order valence-electron chi connectivity index (χ1n) is 9.84. The van der Waals surface area contributed by atoms with Crippen molar-refractivity contribution in [2.24, 2.45) is 10.9 Å². The van der Waals surface area contributed by atoms with E-state index < -0.39 is 0 Å². The number of nitrogens with one attached hydrogen (secondary N) is 3. The molecule has 2 heterocycles. The van der Waals surface area contributed by atoms with Gasteiger partial charge in [0.1, 0.15) is 0 Å². The summed E-state index contributed by atoms with van der Waals surface area (Å²) in [5, 5.41) is 9.00. The Morgan fingerprint density at radius 3 is 2.39 bits per heavy atom. The van der Waals surface area contributed by atoms with E-state index in [1.165, 1.54) is 4.90 Å². The van der Waals surface area contributed by atoms with E-state index in [0.717, 1.165) is 38.8 Å². The van der Waals surface area contributed by atoms with E-state index in [0.29, 0.717) is 19.0 Å². The first kappa shape index (κ1) is 24.4. The van der Waals surface area contributed by atoms with Gasteiger partial charge in [-0.1, -0.05) is 13.8 Å². The van der Waals surface area contributed by atoms with Crippen LogP contribution in [-0.2, 0) is 9.59 Å². The van der Waals surface area contributed by atoms with Crippen molar-refractivity contribution in [1.29, 1.82) is 0 Å². The highest BCUT2D eigenvalue weighted by atomic mass is 127. The largest absolute Gasteiger partial charge is 0.355 e. The Balaban J connectivity index is 0.00000392. The summed E-state index contributed by atoms with van der Waals surface area (Å²) in [6.07, 6.45) is 3.53. The van der Waals surface area contributed by atoms with E-state index in [1.807, 2.05) is 4.90 Å². The zero-order chi connectivity index (χ0) is 19.8. The Hall–Kier alpha value is -1.59. The van der Waals surface area contributed by atoms with Gasteiger partial charge in [-0.15, -0.1) is 24.0 Å². The zero-order valence-corrected chi connectivity index (χ0v) is 19.3. The second-order valence-electron chi connectivity index (χ2n) is 6.96. The average Bonchev–Trinajstić information content (AvgIpc) is 3.00. The number of imide groups is 1. The van der Waals surface area contributed by atoms with Gasteiger partial charge in [0.25, 0.3) is 0 Å². The normalized spacial score (nSPS) is 18.2. The third-order valence-electron chi connectivity index (χ3n) is 5.27. The molecule has 0 bridgehead atoms. The van der Waals surface area contributed by atoms with Crippen molar-refractivity contribution >= 4 is 47.8 Å². The third-order valence-corrected chi connectivity index (χ3v) is 5.27. The van der Waals surface area contributed by atoms with E-state index in [2.05, 4.69) is 34.8 Å². The van der Waals surface area contributed by atoms with Crippen LogP contribution in [0.5, 0.6) is 0 Å². The number of aliphatic imine (C=N–C) groups is 1. The molecule has 0 radical (unpaired) electrons. The first-order chi connectivity index (χ1) is 13.0. The van der Waals surface area contributed by atoms with Gasteiger partial charge < -0.3 is 20.9 Å². The van der Waals surface area contributed by atoms with Gasteiger partial charge in [-0.05, 0) is 25.7 Å². The van der Waals surface area contributed by atoms with Gasteiger partial charge in [0.15, 0.2) is 5.96 Å². The molecule has 0 aromatic heterocycles. The predicted octanol–water partition coefficient (Wildman–Crippen LogP) is 0.748. The number of guanidine groups is 1. The fourth-order valence-electron chi connectivity index (χ4n) is 3.50. The molecule has 0 atom stereocenters. The van der Waals surface area contributed by atoms with Crippen LogP contribution in [0.25, 0.3) is 0 Å². The Morgan fingerprint density at radius 2 is 1.89 bits per heavy atom. The van der Waals surface area contributed by atoms with Crippen molar-refractivity contribution in [1.82, 2.24) is 25.8 Å². The average molecular weight is 508 g/mol. The molecule has 28 heavy (non-hydrogen) atoms.